The van der Waals surface area contributed by atoms with E-state index in [0.29, 0.717) is 9.88 Å². The molecule has 0 aliphatic heterocycles. The van der Waals surface area contributed by atoms with Crippen molar-refractivity contribution in [2.45, 2.75) is 6.92 Å². The predicted octanol–water partition coefficient (Wildman–Crippen LogP) is 2.26. The number of ether oxygens (including phenoxy) is 1. The average molecular weight is 268 g/mol. The van der Waals surface area contributed by atoms with Crippen LogP contribution in [0.1, 0.15) is 27.1 Å². The predicted molar refractivity (Wildman–Crippen MR) is 64.6 cm³/mol. The van der Waals surface area contributed by atoms with Crippen molar-refractivity contribution in [2.24, 2.45) is 0 Å². The van der Waals surface area contributed by atoms with E-state index in [1.165, 1.54) is 36.7 Å². The van der Waals surface area contributed by atoms with Gasteiger partial charge in [-0.05, 0) is 0 Å². The first-order valence-corrected chi connectivity index (χ1v) is 6.32. The lowest BCUT2D eigenvalue weighted by Crippen LogP contribution is -2.06. The van der Waals surface area contributed by atoms with E-state index in [2.05, 4.69) is 14.7 Å². The number of rotatable bonds is 3. The van der Waals surface area contributed by atoms with E-state index in [4.69, 9.17) is 0 Å². The van der Waals surface area contributed by atoms with E-state index >= 15 is 0 Å². The van der Waals surface area contributed by atoms with Crippen molar-refractivity contribution in [1.29, 1.82) is 0 Å². The van der Waals surface area contributed by atoms with Gasteiger partial charge in [0.05, 0.1) is 17.5 Å². The van der Waals surface area contributed by atoms with Gasteiger partial charge < -0.3 is 4.74 Å². The molecule has 0 aliphatic carbocycles. The molecule has 88 valence electrons. The summed E-state index contributed by atoms with van der Waals surface area (Å²) in [6.07, 6.45) is 1.65. The van der Waals surface area contributed by atoms with Crippen LogP contribution in [0, 0.1) is 0 Å². The Morgan fingerprint density at radius 1 is 1.41 bits per heavy atom. The van der Waals surface area contributed by atoms with Gasteiger partial charge in [-0.1, -0.05) is 0 Å². The highest BCUT2D eigenvalue weighted by atomic mass is 32.1. The highest BCUT2D eigenvalue weighted by Gasteiger charge is 2.22. The Kier molecular flexibility index (Phi) is 3.30. The van der Waals surface area contributed by atoms with Gasteiger partial charge in [0, 0.05) is 13.1 Å². The molecule has 0 bridgehead atoms. The molecule has 0 saturated carbocycles. The highest BCUT2D eigenvalue weighted by Crippen LogP contribution is 2.31. The molecule has 2 heterocycles. The minimum absolute atomic E-state index is 0.0772. The zero-order valence-corrected chi connectivity index (χ0v) is 10.7. The number of carbonyl (C=O) groups is 2. The smallest absolute Gasteiger partial charge is 0.358 e. The fourth-order valence-electron chi connectivity index (χ4n) is 1.22. The van der Waals surface area contributed by atoms with Gasteiger partial charge in [-0.3, -0.25) is 9.78 Å². The number of Topliss-reactive ketones (excluding diaryl/α,β-unsaturated/α-hetero) is 1. The van der Waals surface area contributed by atoms with Gasteiger partial charge in [0.25, 0.3) is 0 Å². The summed E-state index contributed by atoms with van der Waals surface area (Å²) in [4.78, 5) is 32.1. The molecule has 0 atom stereocenters. The Morgan fingerprint density at radius 3 is 2.71 bits per heavy atom. The van der Waals surface area contributed by atoms with Crippen LogP contribution in [0.3, 0.4) is 0 Å². The van der Waals surface area contributed by atoms with E-state index in [-0.39, 0.29) is 11.5 Å². The molecule has 0 aliphatic rings. The molecular weight excluding hydrogens is 260 g/mol. The molecule has 17 heavy (non-hydrogen) atoms. The van der Waals surface area contributed by atoms with Gasteiger partial charge in [-0.15, -0.1) is 22.7 Å². The molecule has 0 unspecified atom stereocenters. The summed E-state index contributed by atoms with van der Waals surface area (Å²) in [7, 11) is 1.26. The van der Waals surface area contributed by atoms with Gasteiger partial charge in [0.2, 0.25) is 0 Å². The van der Waals surface area contributed by atoms with E-state index in [1.807, 2.05) is 0 Å². The molecule has 5 nitrogen and oxygen atoms in total. The zero-order chi connectivity index (χ0) is 12.4. The molecule has 0 radical (unpaired) electrons. The second-order valence-electron chi connectivity index (χ2n) is 3.11. The largest absolute Gasteiger partial charge is 0.464 e. The Hall–Kier alpha value is -1.60. The third-order valence-electron chi connectivity index (χ3n) is 1.97. The first-order chi connectivity index (χ1) is 8.13. The zero-order valence-electron chi connectivity index (χ0n) is 9.09. The monoisotopic (exact) mass is 268 g/mol. The van der Waals surface area contributed by atoms with Crippen molar-refractivity contribution in [3.05, 3.63) is 22.3 Å². The number of hydrogen-bond donors (Lipinski definition) is 0. The Bertz CT molecular complexity index is 560. The molecule has 0 N–H and O–H groups in total. The van der Waals surface area contributed by atoms with Crippen molar-refractivity contribution in [1.82, 2.24) is 9.97 Å². The molecule has 0 fully saturated rings. The number of hydrogen-bond acceptors (Lipinski definition) is 7. The molecule has 2 rings (SSSR count). The van der Waals surface area contributed by atoms with Crippen LogP contribution >= 0.6 is 22.7 Å². The van der Waals surface area contributed by atoms with Crippen LogP contribution in [0.25, 0.3) is 9.88 Å². The first-order valence-electron chi connectivity index (χ1n) is 4.62. The SMILES string of the molecule is COC(=O)c1nc(-c2cncs2)sc1C(C)=O. The summed E-state index contributed by atoms with van der Waals surface area (Å²) in [5.74, 6) is -0.791. The molecule has 0 saturated heterocycles. The molecule has 0 amide bonds. The van der Waals surface area contributed by atoms with Crippen molar-refractivity contribution in [3.63, 3.8) is 0 Å². The lowest BCUT2D eigenvalue weighted by Gasteiger charge is -1.95. The minimum Gasteiger partial charge on any atom is -0.464 e. The maximum Gasteiger partial charge on any atom is 0.358 e. The summed E-state index contributed by atoms with van der Waals surface area (Å²) >= 11 is 2.58. The number of thiazole rings is 2. The van der Waals surface area contributed by atoms with E-state index < -0.39 is 5.97 Å². The van der Waals surface area contributed by atoms with Gasteiger partial charge in [0.15, 0.2) is 11.5 Å². The third kappa shape index (κ3) is 2.25. The quantitative estimate of drug-likeness (QED) is 0.631. The highest BCUT2D eigenvalue weighted by molar-refractivity contribution is 7.22. The summed E-state index contributed by atoms with van der Waals surface area (Å²) < 4.78 is 4.60. The molecule has 2 aromatic heterocycles. The topological polar surface area (TPSA) is 69.2 Å². The molecule has 0 spiro atoms. The number of carbonyl (C=O) groups excluding carboxylic acids is 2. The van der Waals surface area contributed by atoms with E-state index in [0.717, 1.165) is 4.88 Å². The maximum absolute atomic E-state index is 11.5. The van der Waals surface area contributed by atoms with Gasteiger partial charge in [-0.25, -0.2) is 9.78 Å². The number of nitrogens with zero attached hydrogens (tertiary/aromatic N) is 2. The minimum atomic E-state index is -0.595. The van der Waals surface area contributed by atoms with Crippen LogP contribution in [-0.4, -0.2) is 28.8 Å². The summed E-state index contributed by atoms with van der Waals surface area (Å²) in [5.41, 5.74) is 1.75. The normalized spacial score (nSPS) is 10.2. The van der Waals surface area contributed by atoms with Crippen LogP contribution in [0.4, 0.5) is 0 Å². The third-order valence-corrected chi connectivity index (χ3v) is 4.07. The molecule has 0 aromatic carbocycles. The summed E-state index contributed by atoms with van der Waals surface area (Å²) in [6, 6.07) is 0. The van der Waals surface area contributed by atoms with Crippen molar-refractivity contribution in [2.75, 3.05) is 7.11 Å². The lowest BCUT2D eigenvalue weighted by molar-refractivity contribution is 0.0591. The Labute approximate surface area is 105 Å². The van der Waals surface area contributed by atoms with Crippen LogP contribution in [-0.2, 0) is 4.74 Å². The van der Waals surface area contributed by atoms with Gasteiger partial charge in [-0.2, -0.15) is 0 Å². The van der Waals surface area contributed by atoms with Crippen LogP contribution in [0.2, 0.25) is 0 Å². The number of ketones is 1. The second kappa shape index (κ2) is 4.72. The van der Waals surface area contributed by atoms with Gasteiger partial charge in [0.1, 0.15) is 9.88 Å². The van der Waals surface area contributed by atoms with Crippen molar-refractivity contribution in [3.8, 4) is 9.88 Å². The fourth-order valence-corrected chi connectivity index (χ4v) is 2.85. The number of esters is 1. The number of aromatic nitrogens is 2. The first kappa shape index (κ1) is 11.9. The molecular formula is C10H8N2O3S2. The van der Waals surface area contributed by atoms with Crippen LogP contribution in [0.5, 0.6) is 0 Å². The van der Waals surface area contributed by atoms with E-state index in [9.17, 15) is 9.59 Å². The maximum atomic E-state index is 11.5. The summed E-state index contributed by atoms with van der Waals surface area (Å²) in [6.45, 7) is 1.40. The van der Waals surface area contributed by atoms with Crippen molar-refractivity contribution < 1.29 is 14.3 Å². The van der Waals surface area contributed by atoms with Crippen molar-refractivity contribution >= 4 is 34.4 Å². The molecule has 7 heteroatoms. The molecule has 2 aromatic rings. The van der Waals surface area contributed by atoms with E-state index in [1.54, 1.807) is 11.7 Å². The fraction of sp³-hybridized carbons (Fsp3) is 0.200. The van der Waals surface area contributed by atoms with Crippen LogP contribution in [0.15, 0.2) is 11.7 Å². The second-order valence-corrected chi connectivity index (χ2v) is 5.00. The lowest BCUT2D eigenvalue weighted by atomic mass is 10.3. The Balaban J connectivity index is 2.52. The average Bonchev–Trinajstić information content (AvgIpc) is 2.95. The van der Waals surface area contributed by atoms with Crippen LogP contribution < -0.4 is 0 Å². The Morgan fingerprint density at radius 2 is 2.18 bits per heavy atom. The summed E-state index contributed by atoms with van der Waals surface area (Å²) in [5, 5.41) is 0.609. The standard InChI is InChI=1S/C10H8N2O3S2/c1-5(13)8-7(10(14)15-2)12-9(17-8)6-3-11-4-16-6/h3-4H,1-2H3. The number of methoxy groups -OCH3 is 1. The van der Waals surface area contributed by atoms with Gasteiger partial charge >= 0.3 is 5.97 Å².